The normalized spacial score (nSPS) is 10.8. The van der Waals surface area contributed by atoms with Crippen molar-refractivity contribution in [3.05, 3.63) is 45.7 Å². The summed E-state index contributed by atoms with van der Waals surface area (Å²) in [7, 11) is 0. The van der Waals surface area contributed by atoms with Crippen molar-refractivity contribution < 1.29 is 0 Å². The topological polar surface area (TPSA) is 37.8 Å². The highest BCUT2D eigenvalue weighted by atomic mass is 32.1. The van der Waals surface area contributed by atoms with E-state index in [-0.39, 0.29) is 0 Å². The Labute approximate surface area is 112 Å². The van der Waals surface area contributed by atoms with Crippen LogP contribution >= 0.6 is 11.3 Å². The number of nitrogens with zero attached hydrogens (tertiary/aromatic N) is 2. The van der Waals surface area contributed by atoms with Crippen LogP contribution in [0.25, 0.3) is 0 Å². The maximum Gasteiger partial charge on any atom is 0.0991 e. The van der Waals surface area contributed by atoms with Crippen LogP contribution in [0.5, 0.6) is 0 Å². The van der Waals surface area contributed by atoms with E-state index in [9.17, 15) is 0 Å². The largest absolute Gasteiger partial charge is 0.312 e. The van der Waals surface area contributed by atoms with Gasteiger partial charge >= 0.3 is 0 Å². The van der Waals surface area contributed by atoms with Crippen molar-refractivity contribution in [3.8, 4) is 0 Å². The molecule has 1 N–H and O–H groups in total. The molecule has 0 amide bonds. The monoisotopic (exact) mass is 261 g/mol. The van der Waals surface area contributed by atoms with Gasteiger partial charge in [-0.25, -0.2) is 4.98 Å². The summed E-state index contributed by atoms with van der Waals surface area (Å²) >= 11 is 1.79. The fraction of sp³-hybridized carbons (Fsp3) is 0.429. The number of pyridine rings is 1. The lowest BCUT2D eigenvalue weighted by Crippen LogP contribution is -2.13. The molecule has 0 saturated carbocycles. The van der Waals surface area contributed by atoms with Crippen LogP contribution in [0.4, 0.5) is 0 Å². The van der Waals surface area contributed by atoms with E-state index in [4.69, 9.17) is 0 Å². The van der Waals surface area contributed by atoms with E-state index >= 15 is 0 Å². The molecular weight excluding hydrogens is 242 g/mol. The third kappa shape index (κ3) is 3.62. The first-order valence-electron chi connectivity index (χ1n) is 6.35. The van der Waals surface area contributed by atoms with Crippen molar-refractivity contribution in [3.63, 3.8) is 0 Å². The SMILES string of the molecule is CCCNCc1sc(Cc2ccccn2)nc1C. The Morgan fingerprint density at radius 3 is 2.94 bits per heavy atom. The molecule has 0 radical (unpaired) electrons. The quantitative estimate of drug-likeness (QED) is 0.812. The first kappa shape index (κ1) is 13.2. The molecule has 0 bridgehead atoms. The number of hydrogen-bond acceptors (Lipinski definition) is 4. The maximum absolute atomic E-state index is 4.62. The molecule has 3 nitrogen and oxygen atoms in total. The zero-order valence-electron chi connectivity index (χ0n) is 10.9. The van der Waals surface area contributed by atoms with Gasteiger partial charge in [0.05, 0.1) is 10.7 Å². The van der Waals surface area contributed by atoms with Crippen molar-refractivity contribution in [1.82, 2.24) is 15.3 Å². The number of aromatic nitrogens is 2. The summed E-state index contributed by atoms with van der Waals surface area (Å²) in [5.74, 6) is 0. The van der Waals surface area contributed by atoms with E-state index in [2.05, 4.69) is 29.1 Å². The van der Waals surface area contributed by atoms with E-state index in [1.807, 2.05) is 24.4 Å². The van der Waals surface area contributed by atoms with Gasteiger partial charge in [0.2, 0.25) is 0 Å². The minimum atomic E-state index is 0.833. The van der Waals surface area contributed by atoms with Gasteiger partial charge in [-0.2, -0.15) is 0 Å². The molecule has 0 aliphatic carbocycles. The molecule has 0 saturated heterocycles. The summed E-state index contributed by atoms with van der Waals surface area (Å²) in [6.07, 6.45) is 3.83. The van der Waals surface area contributed by atoms with Gasteiger partial charge in [0, 0.05) is 29.7 Å². The molecule has 2 aromatic heterocycles. The predicted molar refractivity (Wildman–Crippen MR) is 75.9 cm³/mol. The van der Waals surface area contributed by atoms with Crippen LogP contribution < -0.4 is 5.32 Å². The third-order valence-electron chi connectivity index (χ3n) is 2.71. The van der Waals surface area contributed by atoms with E-state index in [0.717, 1.165) is 35.9 Å². The van der Waals surface area contributed by atoms with E-state index in [0.29, 0.717) is 0 Å². The summed E-state index contributed by atoms with van der Waals surface area (Å²) in [6.45, 7) is 6.26. The van der Waals surface area contributed by atoms with Crippen LogP contribution in [-0.4, -0.2) is 16.5 Å². The lowest BCUT2D eigenvalue weighted by atomic mass is 10.3. The standard InChI is InChI=1S/C14H19N3S/c1-3-7-15-10-13-11(2)17-14(18-13)9-12-6-4-5-8-16-12/h4-6,8,15H,3,7,9-10H2,1-2H3. The summed E-state index contributed by atoms with van der Waals surface area (Å²) in [6, 6.07) is 6.01. The second kappa shape index (κ2) is 6.61. The fourth-order valence-corrected chi connectivity index (χ4v) is 2.82. The lowest BCUT2D eigenvalue weighted by Gasteiger charge is -1.99. The Morgan fingerprint density at radius 1 is 1.33 bits per heavy atom. The molecule has 0 unspecified atom stereocenters. The van der Waals surface area contributed by atoms with Gasteiger partial charge in [-0.05, 0) is 32.0 Å². The Hall–Kier alpha value is -1.26. The van der Waals surface area contributed by atoms with Crippen molar-refractivity contribution >= 4 is 11.3 Å². The lowest BCUT2D eigenvalue weighted by molar-refractivity contribution is 0.678. The number of thiazole rings is 1. The Kier molecular flexibility index (Phi) is 4.84. The smallest absolute Gasteiger partial charge is 0.0991 e. The Bertz CT molecular complexity index is 479. The number of aryl methyl sites for hydroxylation is 1. The Morgan fingerprint density at radius 2 is 2.22 bits per heavy atom. The van der Waals surface area contributed by atoms with Gasteiger partial charge < -0.3 is 5.32 Å². The molecule has 0 aromatic carbocycles. The second-order valence-corrected chi connectivity index (χ2v) is 5.46. The molecule has 0 aliphatic heterocycles. The summed E-state index contributed by atoms with van der Waals surface area (Å²) in [5, 5.41) is 4.58. The summed E-state index contributed by atoms with van der Waals surface area (Å²) in [5.41, 5.74) is 2.23. The van der Waals surface area contributed by atoms with Gasteiger partial charge in [-0.1, -0.05) is 13.0 Å². The number of rotatable bonds is 6. The molecule has 0 fully saturated rings. The summed E-state index contributed by atoms with van der Waals surface area (Å²) < 4.78 is 0. The van der Waals surface area contributed by atoms with Crippen LogP contribution in [0.2, 0.25) is 0 Å². The predicted octanol–water partition coefficient (Wildman–Crippen LogP) is 2.94. The molecule has 2 heterocycles. The first-order chi connectivity index (χ1) is 8.79. The van der Waals surface area contributed by atoms with Gasteiger partial charge in [-0.15, -0.1) is 11.3 Å². The molecule has 0 aliphatic rings. The van der Waals surface area contributed by atoms with Crippen LogP contribution in [0.3, 0.4) is 0 Å². The van der Waals surface area contributed by atoms with Gasteiger partial charge in [0.25, 0.3) is 0 Å². The van der Waals surface area contributed by atoms with E-state index in [1.54, 1.807) is 11.3 Å². The molecule has 4 heteroatoms. The maximum atomic E-state index is 4.62. The summed E-state index contributed by atoms with van der Waals surface area (Å²) in [4.78, 5) is 10.3. The van der Waals surface area contributed by atoms with Crippen molar-refractivity contribution in [1.29, 1.82) is 0 Å². The van der Waals surface area contributed by atoms with Crippen LogP contribution in [-0.2, 0) is 13.0 Å². The molecular formula is C14H19N3S. The van der Waals surface area contributed by atoms with Crippen LogP contribution in [0.15, 0.2) is 24.4 Å². The Balaban J connectivity index is 2.00. The average Bonchev–Trinajstić information content (AvgIpc) is 2.71. The van der Waals surface area contributed by atoms with Crippen molar-refractivity contribution in [2.45, 2.75) is 33.2 Å². The van der Waals surface area contributed by atoms with E-state index in [1.165, 1.54) is 11.3 Å². The third-order valence-corrected chi connectivity index (χ3v) is 3.87. The van der Waals surface area contributed by atoms with E-state index < -0.39 is 0 Å². The van der Waals surface area contributed by atoms with Crippen LogP contribution in [0, 0.1) is 6.92 Å². The van der Waals surface area contributed by atoms with Crippen LogP contribution in [0.1, 0.15) is 34.6 Å². The fourth-order valence-electron chi connectivity index (χ4n) is 1.76. The van der Waals surface area contributed by atoms with Crippen molar-refractivity contribution in [2.24, 2.45) is 0 Å². The molecule has 18 heavy (non-hydrogen) atoms. The number of hydrogen-bond donors (Lipinski definition) is 1. The van der Waals surface area contributed by atoms with Gasteiger partial charge in [0.15, 0.2) is 0 Å². The van der Waals surface area contributed by atoms with Crippen molar-refractivity contribution in [2.75, 3.05) is 6.54 Å². The molecule has 0 atom stereocenters. The highest BCUT2D eigenvalue weighted by Gasteiger charge is 2.08. The molecule has 0 spiro atoms. The highest BCUT2D eigenvalue weighted by Crippen LogP contribution is 2.20. The van der Waals surface area contributed by atoms with Gasteiger partial charge in [-0.3, -0.25) is 4.98 Å². The average molecular weight is 261 g/mol. The zero-order chi connectivity index (χ0) is 12.8. The highest BCUT2D eigenvalue weighted by molar-refractivity contribution is 7.11. The molecule has 2 rings (SSSR count). The minimum absolute atomic E-state index is 0.833. The second-order valence-electron chi connectivity index (χ2n) is 4.29. The van der Waals surface area contributed by atoms with Gasteiger partial charge in [0.1, 0.15) is 0 Å². The number of nitrogens with one attached hydrogen (secondary N) is 1. The zero-order valence-corrected chi connectivity index (χ0v) is 11.8. The molecule has 2 aromatic rings. The first-order valence-corrected chi connectivity index (χ1v) is 7.17. The molecule has 96 valence electrons. The minimum Gasteiger partial charge on any atom is -0.312 e.